The van der Waals surface area contributed by atoms with Gasteiger partial charge in [0.2, 0.25) is 0 Å². The first-order valence-electron chi connectivity index (χ1n) is 5.35. The average Bonchev–Trinajstić information content (AvgIpc) is 2.82. The number of nitrogens with one attached hydrogen (secondary N) is 1. The molecule has 0 spiro atoms. The van der Waals surface area contributed by atoms with Crippen molar-refractivity contribution >= 4 is 28.3 Å². The van der Waals surface area contributed by atoms with Crippen LogP contribution in [-0.2, 0) is 13.1 Å². The van der Waals surface area contributed by atoms with Crippen molar-refractivity contribution in [2.24, 2.45) is 0 Å². The van der Waals surface area contributed by atoms with Gasteiger partial charge in [-0.25, -0.2) is 0 Å². The van der Waals surface area contributed by atoms with Gasteiger partial charge in [0.1, 0.15) is 11.5 Å². The predicted molar refractivity (Wildman–Crippen MR) is 77.2 cm³/mol. The van der Waals surface area contributed by atoms with Crippen LogP contribution >= 0.6 is 28.3 Å². The zero-order chi connectivity index (χ0) is 12.1. The van der Waals surface area contributed by atoms with Crippen molar-refractivity contribution in [3.8, 4) is 5.75 Å². The maximum atomic E-state index is 5.30. The second kappa shape index (κ2) is 7.46. The van der Waals surface area contributed by atoms with E-state index in [1.54, 1.807) is 13.4 Å². The molecule has 3 nitrogen and oxygen atoms in total. The standard InChI is InChI=1S/C13H14BrNO2.ClH/c1-16-13-5-4-11(14)7-10(13)8-15-9-12-3-2-6-17-12;/h2-7,15H,8-9H2,1H3;1H. The lowest BCUT2D eigenvalue weighted by Gasteiger charge is -2.09. The van der Waals surface area contributed by atoms with Crippen molar-refractivity contribution in [3.63, 3.8) is 0 Å². The van der Waals surface area contributed by atoms with Crippen molar-refractivity contribution in [1.82, 2.24) is 5.32 Å². The van der Waals surface area contributed by atoms with E-state index >= 15 is 0 Å². The maximum absolute atomic E-state index is 5.30. The Balaban J connectivity index is 0.00000162. The predicted octanol–water partition coefficient (Wildman–Crippen LogP) is 3.76. The minimum Gasteiger partial charge on any atom is -0.496 e. The number of methoxy groups -OCH3 is 1. The largest absolute Gasteiger partial charge is 0.496 e. The fraction of sp³-hybridized carbons (Fsp3) is 0.231. The number of benzene rings is 1. The summed E-state index contributed by atoms with van der Waals surface area (Å²) in [5, 5.41) is 3.31. The van der Waals surface area contributed by atoms with Crippen LogP contribution in [0.15, 0.2) is 45.5 Å². The van der Waals surface area contributed by atoms with Crippen LogP contribution in [0.25, 0.3) is 0 Å². The molecule has 1 N–H and O–H groups in total. The molecule has 0 unspecified atom stereocenters. The van der Waals surface area contributed by atoms with Crippen LogP contribution in [0.4, 0.5) is 0 Å². The molecule has 0 atom stereocenters. The summed E-state index contributed by atoms with van der Waals surface area (Å²) in [5.74, 6) is 1.82. The van der Waals surface area contributed by atoms with Crippen molar-refractivity contribution in [2.75, 3.05) is 7.11 Å². The third-order valence-electron chi connectivity index (χ3n) is 2.44. The Morgan fingerprint density at radius 3 is 2.78 bits per heavy atom. The van der Waals surface area contributed by atoms with Crippen molar-refractivity contribution in [2.45, 2.75) is 13.1 Å². The average molecular weight is 333 g/mol. The van der Waals surface area contributed by atoms with E-state index in [0.29, 0.717) is 6.54 Å². The molecule has 0 amide bonds. The lowest BCUT2D eigenvalue weighted by Crippen LogP contribution is -2.12. The molecule has 0 aliphatic rings. The molecule has 18 heavy (non-hydrogen) atoms. The van der Waals surface area contributed by atoms with Crippen molar-refractivity contribution in [1.29, 1.82) is 0 Å². The van der Waals surface area contributed by atoms with E-state index in [1.807, 2.05) is 30.3 Å². The van der Waals surface area contributed by atoms with Gasteiger partial charge < -0.3 is 14.5 Å². The van der Waals surface area contributed by atoms with E-state index in [4.69, 9.17) is 9.15 Å². The molecule has 0 fully saturated rings. The topological polar surface area (TPSA) is 34.4 Å². The molecular formula is C13H15BrClNO2. The highest BCUT2D eigenvalue weighted by Crippen LogP contribution is 2.22. The summed E-state index contributed by atoms with van der Waals surface area (Å²) in [6.45, 7) is 1.45. The molecule has 98 valence electrons. The lowest BCUT2D eigenvalue weighted by molar-refractivity contribution is 0.406. The van der Waals surface area contributed by atoms with Crippen LogP contribution in [0.5, 0.6) is 5.75 Å². The fourth-order valence-electron chi connectivity index (χ4n) is 1.62. The summed E-state index contributed by atoms with van der Waals surface area (Å²) in [4.78, 5) is 0. The number of ether oxygens (including phenoxy) is 1. The number of rotatable bonds is 5. The molecule has 5 heteroatoms. The van der Waals surface area contributed by atoms with Crippen molar-refractivity contribution < 1.29 is 9.15 Å². The smallest absolute Gasteiger partial charge is 0.123 e. The first-order valence-corrected chi connectivity index (χ1v) is 6.14. The maximum Gasteiger partial charge on any atom is 0.123 e. The van der Waals surface area contributed by atoms with Gasteiger partial charge >= 0.3 is 0 Å². The highest BCUT2D eigenvalue weighted by atomic mass is 79.9. The minimum atomic E-state index is 0. The van der Waals surface area contributed by atoms with E-state index in [0.717, 1.165) is 28.1 Å². The number of hydrogen-bond donors (Lipinski definition) is 1. The lowest BCUT2D eigenvalue weighted by atomic mass is 10.2. The van der Waals surface area contributed by atoms with Crippen LogP contribution in [0.1, 0.15) is 11.3 Å². The van der Waals surface area contributed by atoms with Crippen LogP contribution in [-0.4, -0.2) is 7.11 Å². The molecule has 2 rings (SSSR count). The van der Waals surface area contributed by atoms with E-state index in [1.165, 1.54) is 0 Å². The summed E-state index contributed by atoms with van der Waals surface area (Å²) >= 11 is 3.45. The summed E-state index contributed by atoms with van der Waals surface area (Å²) < 4.78 is 11.6. The van der Waals surface area contributed by atoms with Gasteiger partial charge in [-0.2, -0.15) is 0 Å². The van der Waals surface area contributed by atoms with Gasteiger partial charge in [0.05, 0.1) is 19.9 Å². The fourth-order valence-corrected chi connectivity index (χ4v) is 2.03. The SMILES string of the molecule is COc1ccc(Br)cc1CNCc1ccco1.Cl. The van der Waals surface area contributed by atoms with Crippen molar-refractivity contribution in [3.05, 3.63) is 52.4 Å². The molecule has 1 aromatic carbocycles. The molecular weight excluding hydrogens is 318 g/mol. The van der Waals surface area contributed by atoms with E-state index < -0.39 is 0 Å². The van der Waals surface area contributed by atoms with Crippen LogP contribution in [0, 0.1) is 0 Å². The number of hydrogen-bond acceptors (Lipinski definition) is 3. The second-order valence-corrected chi connectivity index (χ2v) is 4.55. The summed E-state index contributed by atoms with van der Waals surface area (Å²) in [7, 11) is 1.68. The Bertz CT molecular complexity index is 474. The molecule has 0 saturated carbocycles. The quantitative estimate of drug-likeness (QED) is 0.905. The van der Waals surface area contributed by atoms with Gasteiger partial charge in [0.25, 0.3) is 0 Å². The van der Waals surface area contributed by atoms with E-state index in [9.17, 15) is 0 Å². The van der Waals surface area contributed by atoms with Gasteiger partial charge in [-0.05, 0) is 30.3 Å². The molecule has 0 saturated heterocycles. The molecule has 1 heterocycles. The Hall–Kier alpha value is -0.970. The zero-order valence-electron chi connectivity index (χ0n) is 9.98. The first-order chi connectivity index (χ1) is 8.29. The van der Waals surface area contributed by atoms with E-state index in [-0.39, 0.29) is 12.4 Å². The van der Waals surface area contributed by atoms with Gasteiger partial charge in [-0.15, -0.1) is 12.4 Å². The highest BCUT2D eigenvalue weighted by Gasteiger charge is 2.03. The molecule has 1 aromatic heterocycles. The van der Waals surface area contributed by atoms with Crippen LogP contribution in [0.2, 0.25) is 0 Å². The number of halogens is 2. The zero-order valence-corrected chi connectivity index (χ0v) is 12.4. The molecule has 2 aromatic rings. The highest BCUT2D eigenvalue weighted by molar-refractivity contribution is 9.10. The van der Waals surface area contributed by atoms with E-state index in [2.05, 4.69) is 21.2 Å². The van der Waals surface area contributed by atoms with Crippen LogP contribution < -0.4 is 10.1 Å². The minimum absolute atomic E-state index is 0. The molecule has 0 radical (unpaired) electrons. The van der Waals surface area contributed by atoms with Crippen LogP contribution in [0.3, 0.4) is 0 Å². The first kappa shape index (κ1) is 15.1. The molecule has 0 bridgehead atoms. The third-order valence-corrected chi connectivity index (χ3v) is 2.93. The number of furan rings is 1. The Morgan fingerprint density at radius 2 is 2.11 bits per heavy atom. The summed E-state index contributed by atoms with van der Waals surface area (Å²) in [5.41, 5.74) is 1.12. The van der Waals surface area contributed by atoms with Gasteiger partial charge in [-0.1, -0.05) is 15.9 Å². The summed E-state index contributed by atoms with van der Waals surface area (Å²) in [6, 6.07) is 9.80. The molecule has 0 aliphatic heterocycles. The Kier molecular flexibility index (Phi) is 6.25. The molecule has 0 aliphatic carbocycles. The third kappa shape index (κ3) is 4.05. The summed E-state index contributed by atoms with van der Waals surface area (Å²) in [6.07, 6.45) is 1.68. The Labute approximate surface area is 121 Å². The van der Waals surface area contributed by atoms with Gasteiger partial charge in [-0.3, -0.25) is 0 Å². The normalized spacial score (nSPS) is 9.89. The van der Waals surface area contributed by atoms with Gasteiger partial charge in [0.15, 0.2) is 0 Å². The van der Waals surface area contributed by atoms with Gasteiger partial charge in [0, 0.05) is 16.6 Å². The Morgan fingerprint density at radius 1 is 1.28 bits per heavy atom. The monoisotopic (exact) mass is 331 g/mol. The second-order valence-electron chi connectivity index (χ2n) is 3.64.